The van der Waals surface area contributed by atoms with Crippen LogP contribution in [0, 0.1) is 6.92 Å². The second kappa shape index (κ2) is 6.70. The molecule has 5 heteroatoms. The molecule has 0 radical (unpaired) electrons. The first-order valence-electron chi connectivity index (χ1n) is 10.1. The van der Waals surface area contributed by atoms with E-state index in [1.807, 2.05) is 24.6 Å². The minimum atomic E-state index is -0.758. The van der Waals surface area contributed by atoms with Crippen molar-refractivity contribution >= 4 is 22.7 Å². The average molecular weight is 367 g/mol. The lowest BCUT2D eigenvalue weighted by atomic mass is 9.96. The van der Waals surface area contributed by atoms with Gasteiger partial charge in [-0.2, -0.15) is 0 Å². The quantitative estimate of drug-likeness (QED) is 0.902. The van der Waals surface area contributed by atoms with Crippen LogP contribution >= 0.6 is 0 Å². The molecule has 144 valence electrons. The van der Waals surface area contributed by atoms with E-state index >= 15 is 0 Å². The van der Waals surface area contributed by atoms with E-state index in [9.17, 15) is 9.59 Å². The highest BCUT2D eigenvalue weighted by Crippen LogP contribution is 2.33. The number of aromatic nitrogens is 1. The minimum absolute atomic E-state index is 0.00913. The summed E-state index contributed by atoms with van der Waals surface area (Å²) in [6.07, 6.45) is 6.06. The molecule has 1 aromatic heterocycles. The number of hydrogen-bond donors (Lipinski definition) is 1. The number of nitrogens with zero attached hydrogens (tertiary/aromatic N) is 2. The van der Waals surface area contributed by atoms with Gasteiger partial charge in [0.15, 0.2) is 0 Å². The van der Waals surface area contributed by atoms with E-state index in [0.717, 1.165) is 36.6 Å². The van der Waals surface area contributed by atoms with E-state index in [4.69, 9.17) is 0 Å². The van der Waals surface area contributed by atoms with Crippen LogP contribution in [0.2, 0.25) is 0 Å². The number of likely N-dealkylation sites (tertiary alicyclic amines) is 1. The van der Waals surface area contributed by atoms with E-state index in [1.54, 1.807) is 4.90 Å². The van der Waals surface area contributed by atoms with Crippen LogP contribution in [0.15, 0.2) is 24.3 Å². The zero-order chi connectivity index (χ0) is 19.2. The van der Waals surface area contributed by atoms with Gasteiger partial charge in [0.1, 0.15) is 11.2 Å². The standard InChI is InChI=1S/C22H29N3O2/c1-15-9-10-18-16(13-15)14-19(24(18)3)20(26)25-12-6-11-22(25,2)21(27)23-17-7-4-5-8-17/h9-10,13-14,17H,4-8,11-12H2,1-3H3,(H,23,27). The van der Waals surface area contributed by atoms with Gasteiger partial charge in [-0.05, 0) is 57.7 Å². The van der Waals surface area contributed by atoms with Crippen molar-refractivity contribution in [1.29, 1.82) is 0 Å². The van der Waals surface area contributed by atoms with Crippen LogP contribution in [-0.2, 0) is 11.8 Å². The largest absolute Gasteiger partial charge is 0.351 e. The Morgan fingerprint density at radius 2 is 1.89 bits per heavy atom. The van der Waals surface area contributed by atoms with Crippen LogP contribution in [-0.4, -0.2) is 39.4 Å². The highest BCUT2D eigenvalue weighted by atomic mass is 16.2. The molecule has 2 aliphatic rings. The lowest BCUT2D eigenvalue weighted by molar-refractivity contribution is -0.130. The Bertz CT molecular complexity index is 894. The number of nitrogens with one attached hydrogen (secondary N) is 1. The average Bonchev–Trinajstić information content (AvgIpc) is 3.35. The lowest BCUT2D eigenvalue weighted by Gasteiger charge is -2.35. The number of carbonyl (C=O) groups excluding carboxylic acids is 2. The molecule has 1 atom stereocenters. The third-order valence-corrected chi connectivity index (χ3v) is 6.48. The molecule has 5 nitrogen and oxygen atoms in total. The molecule has 1 unspecified atom stereocenters. The van der Waals surface area contributed by atoms with Gasteiger partial charge in [0, 0.05) is 30.5 Å². The van der Waals surface area contributed by atoms with Crippen molar-refractivity contribution in [2.75, 3.05) is 6.54 Å². The molecule has 1 N–H and O–H groups in total. The highest BCUT2D eigenvalue weighted by molar-refractivity contribution is 6.02. The first-order chi connectivity index (χ1) is 12.9. The van der Waals surface area contributed by atoms with Crippen LogP contribution in [0.3, 0.4) is 0 Å². The fourth-order valence-electron chi connectivity index (χ4n) is 4.75. The van der Waals surface area contributed by atoms with Gasteiger partial charge in [-0.1, -0.05) is 24.5 Å². The molecule has 1 aliphatic carbocycles. The van der Waals surface area contributed by atoms with Crippen molar-refractivity contribution in [2.24, 2.45) is 7.05 Å². The van der Waals surface area contributed by atoms with E-state index in [-0.39, 0.29) is 17.9 Å². The molecule has 27 heavy (non-hydrogen) atoms. The summed E-state index contributed by atoms with van der Waals surface area (Å²) in [5.41, 5.74) is 2.11. The van der Waals surface area contributed by atoms with Gasteiger partial charge in [-0.25, -0.2) is 0 Å². The number of aryl methyl sites for hydroxylation is 2. The Labute approximate surface area is 160 Å². The molecule has 0 bridgehead atoms. The summed E-state index contributed by atoms with van der Waals surface area (Å²) in [5, 5.41) is 4.27. The Hall–Kier alpha value is -2.30. The smallest absolute Gasteiger partial charge is 0.271 e. The molecule has 2 amide bonds. The molecular weight excluding hydrogens is 338 g/mol. The summed E-state index contributed by atoms with van der Waals surface area (Å²) >= 11 is 0. The molecule has 2 fully saturated rings. The minimum Gasteiger partial charge on any atom is -0.351 e. The van der Waals surface area contributed by atoms with E-state index in [2.05, 4.69) is 30.4 Å². The maximum Gasteiger partial charge on any atom is 0.271 e. The first kappa shape index (κ1) is 18.1. The number of fused-ring (bicyclic) bond motifs is 1. The predicted molar refractivity (Wildman–Crippen MR) is 107 cm³/mol. The van der Waals surface area contributed by atoms with Crippen LogP contribution in [0.5, 0.6) is 0 Å². The predicted octanol–water partition coefficient (Wildman–Crippen LogP) is 3.54. The zero-order valence-corrected chi connectivity index (χ0v) is 16.5. The van der Waals surface area contributed by atoms with E-state index in [0.29, 0.717) is 12.2 Å². The van der Waals surface area contributed by atoms with Crippen LogP contribution in [0.25, 0.3) is 10.9 Å². The van der Waals surface area contributed by atoms with Crippen molar-refractivity contribution in [3.8, 4) is 0 Å². The van der Waals surface area contributed by atoms with Gasteiger partial charge in [0.25, 0.3) is 5.91 Å². The van der Waals surface area contributed by atoms with Crippen molar-refractivity contribution in [1.82, 2.24) is 14.8 Å². The molecule has 1 aromatic carbocycles. The first-order valence-corrected chi connectivity index (χ1v) is 10.1. The van der Waals surface area contributed by atoms with Crippen molar-refractivity contribution in [3.63, 3.8) is 0 Å². The monoisotopic (exact) mass is 367 g/mol. The summed E-state index contributed by atoms with van der Waals surface area (Å²) in [5.74, 6) is -0.0391. The normalized spacial score (nSPS) is 23.3. The number of hydrogen-bond acceptors (Lipinski definition) is 2. The molecule has 1 saturated heterocycles. The summed E-state index contributed by atoms with van der Waals surface area (Å²) in [7, 11) is 1.93. The maximum absolute atomic E-state index is 13.4. The lowest BCUT2D eigenvalue weighted by Crippen LogP contribution is -2.57. The van der Waals surface area contributed by atoms with E-state index < -0.39 is 5.54 Å². The topological polar surface area (TPSA) is 54.3 Å². The molecule has 2 aromatic rings. The Morgan fingerprint density at radius 1 is 1.15 bits per heavy atom. The second-order valence-corrected chi connectivity index (χ2v) is 8.44. The Balaban J connectivity index is 1.62. The fourth-order valence-corrected chi connectivity index (χ4v) is 4.75. The molecule has 0 spiro atoms. The van der Waals surface area contributed by atoms with Gasteiger partial charge in [-0.15, -0.1) is 0 Å². The molecular formula is C22H29N3O2. The van der Waals surface area contributed by atoms with Crippen LogP contribution in [0.4, 0.5) is 0 Å². The van der Waals surface area contributed by atoms with Gasteiger partial charge in [0.05, 0.1) is 0 Å². The van der Waals surface area contributed by atoms with Crippen molar-refractivity contribution in [2.45, 2.75) is 64.0 Å². The van der Waals surface area contributed by atoms with Crippen molar-refractivity contribution in [3.05, 3.63) is 35.5 Å². The molecule has 1 saturated carbocycles. The summed E-state index contributed by atoms with van der Waals surface area (Å²) in [6.45, 7) is 4.61. The van der Waals surface area contributed by atoms with Crippen molar-refractivity contribution < 1.29 is 9.59 Å². The van der Waals surface area contributed by atoms with Gasteiger partial charge in [-0.3, -0.25) is 9.59 Å². The number of carbonyl (C=O) groups is 2. The maximum atomic E-state index is 13.4. The third-order valence-electron chi connectivity index (χ3n) is 6.48. The summed E-state index contributed by atoms with van der Waals surface area (Å²) < 4.78 is 1.95. The Morgan fingerprint density at radius 3 is 2.63 bits per heavy atom. The van der Waals surface area contributed by atoms with Crippen LogP contribution < -0.4 is 5.32 Å². The Kier molecular flexibility index (Phi) is 4.49. The van der Waals surface area contributed by atoms with Gasteiger partial charge in [0.2, 0.25) is 5.91 Å². The van der Waals surface area contributed by atoms with Gasteiger partial charge >= 0.3 is 0 Å². The molecule has 4 rings (SSSR count). The highest BCUT2D eigenvalue weighted by Gasteiger charge is 2.47. The second-order valence-electron chi connectivity index (χ2n) is 8.44. The number of amides is 2. The summed E-state index contributed by atoms with van der Waals surface area (Å²) in [6, 6.07) is 8.44. The zero-order valence-electron chi connectivity index (χ0n) is 16.5. The van der Waals surface area contributed by atoms with E-state index in [1.165, 1.54) is 18.4 Å². The molecule has 2 heterocycles. The third kappa shape index (κ3) is 3.03. The molecule has 1 aliphatic heterocycles. The van der Waals surface area contributed by atoms with Crippen LogP contribution in [0.1, 0.15) is 61.5 Å². The van der Waals surface area contributed by atoms with Gasteiger partial charge < -0.3 is 14.8 Å². The SMILES string of the molecule is Cc1ccc2c(c1)cc(C(=O)N1CCCC1(C)C(=O)NC1CCCC1)n2C. The number of benzene rings is 1. The fraction of sp³-hybridized carbons (Fsp3) is 0.545. The number of rotatable bonds is 3. The summed E-state index contributed by atoms with van der Waals surface area (Å²) in [4.78, 5) is 28.3.